The average molecular weight is 249 g/mol. The van der Waals surface area contributed by atoms with E-state index in [0.717, 1.165) is 11.3 Å². The maximum Gasteiger partial charge on any atom is 0.215 e. The van der Waals surface area contributed by atoms with Gasteiger partial charge in [0.1, 0.15) is 18.5 Å². The molecular formula is C14H19NO3. The molecule has 0 aromatic rings. The first-order valence-electron chi connectivity index (χ1n) is 5.95. The third-order valence-electron chi connectivity index (χ3n) is 2.86. The van der Waals surface area contributed by atoms with E-state index in [2.05, 4.69) is 4.99 Å². The number of nitrogens with zero attached hydrogens (tertiary/aromatic N) is 1. The molecule has 0 amide bonds. The fourth-order valence-corrected chi connectivity index (χ4v) is 1.89. The van der Waals surface area contributed by atoms with Gasteiger partial charge in [0.25, 0.3) is 0 Å². The average Bonchev–Trinajstić information content (AvgIpc) is 2.60. The van der Waals surface area contributed by atoms with Crippen LogP contribution < -0.4 is 0 Å². The Kier molecular flexibility index (Phi) is 3.57. The number of hydrogen-bond donors (Lipinski definition) is 0. The van der Waals surface area contributed by atoms with Gasteiger partial charge in [-0.25, -0.2) is 4.99 Å². The second-order valence-electron chi connectivity index (χ2n) is 4.93. The monoisotopic (exact) mass is 249 g/mol. The van der Waals surface area contributed by atoms with Gasteiger partial charge in [-0.05, 0) is 26.0 Å². The number of aliphatic imine (C=N–C) groups is 1. The summed E-state index contributed by atoms with van der Waals surface area (Å²) in [7, 11) is 3.30. The standard InChI is InChI=1S/C14H19NO3/c1-14(2)9-18-13(15-14)11-7-5-6-10(16-3)8-12(11)17-4/h5-8,12H,9H2,1-4H3. The first kappa shape index (κ1) is 12.9. The van der Waals surface area contributed by atoms with E-state index in [1.54, 1.807) is 14.2 Å². The van der Waals surface area contributed by atoms with Crippen molar-refractivity contribution < 1.29 is 14.2 Å². The summed E-state index contributed by atoms with van der Waals surface area (Å²) in [5.41, 5.74) is 0.754. The van der Waals surface area contributed by atoms with E-state index in [1.807, 2.05) is 38.2 Å². The van der Waals surface area contributed by atoms with Crippen LogP contribution in [0.15, 0.2) is 40.6 Å². The lowest BCUT2D eigenvalue weighted by molar-refractivity contribution is 0.164. The maximum atomic E-state index is 5.66. The molecule has 0 radical (unpaired) electrons. The zero-order valence-electron chi connectivity index (χ0n) is 11.3. The molecule has 98 valence electrons. The molecule has 0 saturated heterocycles. The van der Waals surface area contributed by atoms with Crippen molar-refractivity contribution in [2.24, 2.45) is 4.99 Å². The molecule has 0 aromatic heterocycles. The van der Waals surface area contributed by atoms with Crippen LogP contribution >= 0.6 is 0 Å². The lowest BCUT2D eigenvalue weighted by Crippen LogP contribution is -2.19. The smallest absolute Gasteiger partial charge is 0.215 e. The predicted molar refractivity (Wildman–Crippen MR) is 70.6 cm³/mol. The van der Waals surface area contributed by atoms with E-state index in [1.165, 1.54) is 0 Å². The molecule has 0 aromatic carbocycles. The Balaban J connectivity index is 2.30. The Labute approximate surface area is 108 Å². The predicted octanol–water partition coefficient (Wildman–Crippen LogP) is 2.24. The van der Waals surface area contributed by atoms with Gasteiger partial charge in [-0.1, -0.05) is 12.2 Å². The Morgan fingerprint density at radius 3 is 2.72 bits per heavy atom. The second-order valence-corrected chi connectivity index (χ2v) is 4.93. The Morgan fingerprint density at radius 1 is 1.39 bits per heavy atom. The van der Waals surface area contributed by atoms with Crippen LogP contribution in [0.3, 0.4) is 0 Å². The van der Waals surface area contributed by atoms with Crippen LogP contribution in [0.5, 0.6) is 0 Å². The van der Waals surface area contributed by atoms with Gasteiger partial charge in [0.05, 0.1) is 12.6 Å². The highest BCUT2D eigenvalue weighted by atomic mass is 16.5. The first-order valence-corrected chi connectivity index (χ1v) is 5.95. The van der Waals surface area contributed by atoms with E-state index < -0.39 is 0 Å². The molecule has 2 aliphatic rings. The Hall–Kier alpha value is -1.55. The number of hydrogen-bond acceptors (Lipinski definition) is 4. The van der Waals surface area contributed by atoms with Crippen molar-refractivity contribution in [1.82, 2.24) is 0 Å². The van der Waals surface area contributed by atoms with Crippen LogP contribution in [-0.2, 0) is 14.2 Å². The van der Waals surface area contributed by atoms with Crippen molar-refractivity contribution >= 4 is 5.90 Å². The normalized spacial score (nSPS) is 25.8. The zero-order chi connectivity index (χ0) is 13.2. The first-order chi connectivity index (χ1) is 8.55. The van der Waals surface area contributed by atoms with Gasteiger partial charge in [-0.2, -0.15) is 0 Å². The largest absolute Gasteiger partial charge is 0.497 e. The lowest BCUT2D eigenvalue weighted by atomic mass is 10.1. The third kappa shape index (κ3) is 2.64. The Morgan fingerprint density at radius 2 is 2.17 bits per heavy atom. The molecule has 0 saturated carbocycles. The van der Waals surface area contributed by atoms with E-state index in [9.17, 15) is 0 Å². The van der Waals surface area contributed by atoms with Gasteiger partial charge in [0, 0.05) is 12.7 Å². The quantitative estimate of drug-likeness (QED) is 0.770. The van der Waals surface area contributed by atoms with Gasteiger partial charge < -0.3 is 14.2 Å². The molecule has 4 heteroatoms. The minimum atomic E-state index is -0.206. The lowest BCUT2D eigenvalue weighted by Gasteiger charge is -2.14. The van der Waals surface area contributed by atoms with E-state index in [4.69, 9.17) is 14.2 Å². The molecule has 0 N–H and O–H groups in total. The van der Waals surface area contributed by atoms with Crippen molar-refractivity contribution in [1.29, 1.82) is 0 Å². The van der Waals surface area contributed by atoms with Crippen LogP contribution in [0.1, 0.15) is 13.8 Å². The Bertz CT molecular complexity index is 444. The summed E-state index contributed by atoms with van der Waals surface area (Å²) in [6.45, 7) is 4.69. The van der Waals surface area contributed by atoms with Gasteiger partial charge in [-0.15, -0.1) is 0 Å². The second kappa shape index (κ2) is 4.98. The highest BCUT2D eigenvalue weighted by molar-refractivity contribution is 5.96. The van der Waals surface area contributed by atoms with Gasteiger partial charge in [-0.3, -0.25) is 0 Å². The van der Waals surface area contributed by atoms with Crippen LogP contribution in [0.4, 0.5) is 0 Å². The highest BCUT2D eigenvalue weighted by Gasteiger charge is 2.31. The van der Waals surface area contributed by atoms with E-state index >= 15 is 0 Å². The summed E-state index contributed by atoms with van der Waals surface area (Å²) < 4.78 is 16.4. The maximum absolute atomic E-state index is 5.66. The molecule has 0 spiro atoms. The number of allylic oxidation sites excluding steroid dienone is 3. The number of rotatable bonds is 3. The molecule has 1 aliphatic carbocycles. The van der Waals surface area contributed by atoms with Crippen LogP contribution in [-0.4, -0.2) is 38.4 Å². The van der Waals surface area contributed by atoms with E-state index in [0.29, 0.717) is 12.5 Å². The van der Waals surface area contributed by atoms with Crippen LogP contribution in [0.2, 0.25) is 0 Å². The minimum Gasteiger partial charge on any atom is -0.497 e. The van der Waals surface area contributed by atoms with Crippen molar-refractivity contribution in [3.63, 3.8) is 0 Å². The molecule has 1 atom stereocenters. The molecule has 1 heterocycles. The van der Waals surface area contributed by atoms with Crippen molar-refractivity contribution in [3.8, 4) is 0 Å². The topological polar surface area (TPSA) is 40.0 Å². The zero-order valence-corrected chi connectivity index (χ0v) is 11.3. The van der Waals surface area contributed by atoms with Gasteiger partial charge in [0.15, 0.2) is 0 Å². The number of methoxy groups -OCH3 is 2. The van der Waals surface area contributed by atoms with Crippen molar-refractivity contribution in [2.45, 2.75) is 25.5 Å². The van der Waals surface area contributed by atoms with Gasteiger partial charge in [0.2, 0.25) is 5.90 Å². The van der Waals surface area contributed by atoms with Crippen LogP contribution in [0.25, 0.3) is 0 Å². The molecule has 1 unspecified atom stereocenters. The summed E-state index contributed by atoms with van der Waals surface area (Å²) in [5.74, 6) is 1.43. The highest BCUT2D eigenvalue weighted by Crippen LogP contribution is 2.25. The molecule has 1 aliphatic heterocycles. The third-order valence-corrected chi connectivity index (χ3v) is 2.86. The van der Waals surface area contributed by atoms with Crippen molar-refractivity contribution in [2.75, 3.05) is 20.8 Å². The summed E-state index contributed by atoms with van der Waals surface area (Å²) in [4.78, 5) is 4.58. The van der Waals surface area contributed by atoms with Crippen molar-refractivity contribution in [3.05, 3.63) is 35.6 Å². The molecule has 4 nitrogen and oxygen atoms in total. The SMILES string of the molecule is COC1=CC(OC)C(C2=NC(C)(C)CO2)=CC=C1. The molecule has 2 rings (SSSR count). The summed E-state index contributed by atoms with van der Waals surface area (Å²) >= 11 is 0. The fourth-order valence-electron chi connectivity index (χ4n) is 1.89. The summed E-state index contributed by atoms with van der Waals surface area (Å²) in [6, 6.07) is 0. The molecule has 0 bridgehead atoms. The molecular weight excluding hydrogens is 230 g/mol. The summed E-state index contributed by atoms with van der Waals surface area (Å²) in [6.07, 6.45) is 7.46. The van der Waals surface area contributed by atoms with E-state index in [-0.39, 0.29) is 11.6 Å². The molecule has 18 heavy (non-hydrogen) atoms. The fraction of sp³-hybridized carbons (Fsp3) is 0.500. The summed E-state index contributed by atoms with van der Waals surface area (Å²) in [5, 5.41) is 0. The minimum absolute atomic E-state index is 0.168. The number of ether oxygens (including phenoxy) is 3. The van der Waals surface area contributed by atoms with Crippen LogP contribution in [0, 0.1) is 0 Å². The molecule has 0 fully saturated rings. The van der Waals surface area contributed by atoms with Gasteiger partial charge >= 0.3 is 0 Å².